The van der Waals surface area contributed by atoms with Gasteiger partial charge in [-0.15, -0.1) is 11.3 Å². The predicted octanol–water partition coefficient (Wildman–Crippen LogP) is 3.92. The maximum Gasteiger partial charge on any atom is 0.0455 e. The second-order valence-electron chi connectivity index (χ2n) is 5.88. The van der Waals surface area contributed by atoms with E-state index in [0.717, 1.165) is 26.1 Å². The highest BCUT2D eigenvalue weighted by Crippen LogP contribution is 2.28. The molecule has 1 fully saturated rings. The van der Waals surface area contributed by atoms with Gasteiger partial charge in [-0.2, -0.15) is 0 Å². The molecule has 1 saturated heterocycles. The van der Waals surface area contributed by atoms with E-state index in [1.54, 1.807) is 0 Å². The summed E-state index contributed by atoms with van der Waals surface area (Å²) in [4.78, 5) is 2.57. The van der Waals surface area contributed by atoms with E-state index in [1.807, 2.05) is 11.3 Å². The fraction of sp³-hybridized carbons (Fsp3) is 0.263. The molecule has 2 nitrogen and oxygen atoms in total. The summed E-state index contributed by atoms with van der Waals surface area (Å²) in [5.41, 5.74) is 2.77. The summed E-state index contributed by atoms with van der Waals surface area (Å²) in [6.07, 6.45) is 1.09. The Morgan fingerprint density at radius 1 is 1.09 bits per heavy atom. The molecule has 1 aliphatic heterocycles. The number of rotatable bonds is 3. The third-order valence-electron chi connectivity index (χ3n) is 4.43. The van der Waals surface area contributed by atoms with E-state index in [4.69, 9.17) is 0 Å². The van der Waals surface area contributed by atoms with Gasteiger partial charge in [0.25, 0.3) is 0 Å². The van der Waals surface area contributed by atoms with Gasteiger partial charge in [-0.1, -0.05) is 30.3 Å². The Labute approximate surface area is 135 Å². The van der Waals surface area contributed by atoms with Crippen LogP contribution in [0.2, 0.25) is 0 Å². The normalized spacial score (nSPS) is 18.7. The summed E-state index contributed by atoms with van der Waals surface area (Å²) in [6, 6.07) is 20.4. The Balaban J connectivity index is 1.62. The Bertz CT molecular complexity index is 750. The summed E-state index contributed by atoms with van der Waals surface area (Å²) < 4.78 is 1.37. The van der Waals surface area contributed by atoms with Crippen LogP contribution in [0, 0.1) is 0 Å². The van der Waals surface area contributed by atoms with Crippen LogP contribution in [0.25, 0.3) is 10.1 Å². The van der Waals surface area contributed by atoms with E-state index in [0.29, 0.717) is 6.04 Å². The van der Waals surface area contributed by atoms with E-state index >= 15 is 0 Å². The average molecular weight is 308 g/mol. The van der Waals surface area contributed by atoms with Gasteiger partial charge in [-0.05, 0) is 47.0 Å². The highest BCUT2D eigenvalue weighted by atomic mass is 32.1. The van der Waals surface area contributed by atoms with Gasteiger partial charge in [0, 0.05) is 36.1 Å². The minimum atomic E-state index is 0.521. The number of benzene rings is 2. The second kappa shape index (κ2) is 6.11. The molecule has 0 saturated carbocycles. The molecule has 0 bridgehead atoms. The minimum absolute atomic E-state index is 0.521. The van der Waals surface area contributed by atoms with E-state index in [-0.39, 0.29) is 0 Å². The lowest BCUT2D eigenvalue weighted by Crippen LogP contribution is -2.52. The van der Waals surface area contributed by atoms with Crippen molar-refractivity contribution in [1.82, 2.24) is 5.32 Å². The summed E-state index contributed by atoms with van der Waals surface area (Å²) in [7, 11) is 0. The van der Waals surface area contributed by atoms with Crippen molar-refractivity contribution >= 4 is 27.1 Å². The van der Waals surface area contributed by atoms with Gasteiger partial charge in [0.1, 0.15) is 0 Å². The van der Waals surface area contributed by atoms with Gasteiger partial charge in [0.2, 0.25) is 0 Å². The zero-order chi connectivity index (χ0) is 14.8. The van der Waals surface area contributed by atoms with Crippen LogP contribution in [0.15, 0.2) is 60.0 Å². The lowest BCUT2D eigenvalue weighted by atomic mass is 10.0. The van der Waals surface area contributed by atoms with Crippen LogP contribution in [0.1, 0.15) is 5.56 Å². The maximum atomic E-state index is 3.55. The van der Waals surface area contributed by atoms with Crippen molar-refractivity contribution in [2.45, 2.75) is 12.5 Å². The molecule has 1 N–H and O–H groups in total. The number of anilines is 1. The van der Waals surface area contributed by atoms with Crippen LogP contribution < -0.4 is 10.2 Å². The van der Waals surface area contributed by atoms with Crippen molar-refractivity contribution in [2.75, 3.05) is 24.5 Å². The first-order valence-electron chi connectivity index (χ1n) is 7.89. The average Bonchev–Trinajstić information content (AvgIpc) is 3.04. The van der Waals surface area contributed by atoms with Crippen molar-refractivity contribution < 1.29 is 0 Å². The Morgan fingerprint density at radius 3 is 2.91 bits per heavy atom. The molecule has 2 heterocycles. The number of piperazine rings is 1. The molecule has 4 rings (SSSR count). The number of fused-ring (bicyclic) bond motifs is 1. The second-order valence-corrected chi connectivity index (χ2v) is 6.83. The van der Waals surface area contributed by atoms with Gasteiger partial charge in [-0.3, -0.25) is 0 Å². The SMILES string of the molecule is c1ccc(CC2CNCCN2c2ccc3sccc3c2)cc1. The fourth-order valence-electron chi connectivity index (χ4n) is 3.30. The van der Waals surface area contributed by atoms with Gasteiger partial charge in [0.05, 0.1) is 0 Å². The lowest BCUT2D eigenvalue weighted by molar-refractivity contribution is 0.474. The first-order valence-corrected chi connectivity index (χ1v) is 8.77. The Kier molecular flexibility index (Phi) is 3.83. The first kappa shape index (κ1) is 13.8. The summed E-state index contributed by atoms with van der Waals surface area (Å²) in [6.45, 7) is 3.19. The van der Waals surface area contributed by atoms with Crippen LogP contribution in [0.4, 0.5) is 5.69 Å². The third kappa shape index (κ3) is 2.74. The lowest BCUT2D eigenvalue weighted by Gasteiger charge is -2.38. The largest absolute Gasteiger partial charge is 0.366 e. The highest BCUT2D eigenvalue weighted by Gasteiger charge is 2.22. The zero-order valence-electron chi connectivity index (χ0n) is 12.5. The molecule has 2 aromatic carbocycles. The van der Waals surface area contributed by atoms with Gasteiger partial charge < -0.3 is 10.2 Å². The zero-order valence-corrected chi connectivity index (χ0v) is 13.4. The van der Waals surface area contributed by atoms with Crippen LogP contribution in [0.5, 0.6) is 0 Å². The summed E-state index contributed by atoms with van der Waals surface area (Å²) >= 11 is 1.82. The molecule has 112 valence electrons. The molecular weight excluding hydrogens is 288 g/mol. The molecule has 0 radical (unpaired) electrons. The van der Waals surface area contributed by atoms with E-state index in [2.05, 4.69) is 70.2 Å². The number of hydrogen-bond donors (Lipinski definition) is 1. The molecule has 3 heteroatoms. The molecule has 0 aliphatic carbocycles. The number of nitrogens with one attached hydrogen (secondary N) is 1. The third-order valence-corrected chi connectivity index (χ3v) is 5.33. The number of hydrogen-bond acceptors (Lipinski definition) is 3. The fourth-order valence-corrected chi connectivity index (χ4v) is 4.07. The van der Waals surface area contributed by atoms with E-state index in [9.17, 15) is 0 Å². The molecule has 0 amide bonds. The first-order chi connectivity index (χ1) is 10.9. The molecular formula is C19H20N2S. The van der Waals surface area contributed by atoms with Crippen molar-refractivity contribution in [1.29, 1.82) is 0 Å². The highest BCUT2D eigenvalue weighted by molar-refractivity contribution is 7.17. The monoisotopic (exact) mass is 308 g/mol. The molecule has 1 unspecified atom stereocenters. The van der Waals surface area contributed by atoms with Crippen LogP contribution in [0.3, 0.4) is 0 Å². The molecule has 1 atom stereocenters. The van der Waals surface area contributed by atoms with Crippen LogP contribution >= 0.6 is 11.3 Å². The van der Waals surface area contributed by atoms with Crippen molar-refractivity contribution in [3.8, 4) is 0 Å². The molecule has 1 aliphatic rings. The smallest absolute Gasteiger partial charge is 0.0455 e. The molecule has 3 aromatic rings. The molecule has 1 aromatic heterocycles. The van der Waals surface area contributed by atoms with Crippen molar-refractivity contribution in [2.24, 2.45) is 0 Å². The van der Waals surface area contributed by atoms with Crippen molar-refractivity contribution in [3.05, 3.63) is 65.5 Å². The molecule has 0 spiro atoms. The Hall–Kier alpha value is -1.84. The number of thiophene rings is 1. The number of nitrogens with zero attached hydrogens (tertiary/aromatic N) is 1. The Morgan fingerprint density at radius 2 is 2.00 bits per heavy atom. The quantitative estimate of drug-likeness (QED) is 0.789. The van der Waals surface area contributed by atoms with Crippen molar-refractivity contribution in [3.63, 3.8) is 0 Å². The molecule has 22 heavy (non-hydrogen) atoms. The summed E-state index contributed by atoms with van der Waals surface area (Å²) in [5.74, 6) is 0. The van der Waals surface area contributed by atoms with E-state index in [1.165, 1.54) is 21.3 Å². The van der Waals surface area contributed by atoms with Gasteiger partial charge in [-0.25, -0.2) is 0 Å². The van der Waals surface area contributed by atoms with Gasteiger partial charge >= 0.3 is 0 Å². The summed E-state index contributed by atoms with van der Waals surface area (Å²) in [5, 5.41) is 7.08. The minimum Gasteiger partial charge on any atom is -0.366 e. The standard InChI is InChI=1S/C19H20N2S/c1-2-4-15(5-3-1)12-18-14-20-9-10-21(18)17-6-7-19-16(13-17)8-11-22-19/h1-8,11,13,18,20H,9-10,12,14H2. The topological polar surface area (TPSA) is 15.3 Å². The van der Waals surface area contributed by atoms with E-state index < -0.39 is 0 Å². The van der Waals surface area contributed by atoms with Crippen LogP contribution in [-0.4, -0.2) is 25.7 Å². The van der Waals surface area contributed by atoms with Crippen LogP contribution in [-0.2, 0) is 6.42 Å². The maximum absolute atomic E-state index is 3.55. The van der Waals surface area contributed by atoms with Gasteiger partial charge in [0.15, 0.2) is 0 Å². The predicted molar refractivity (Wildman–Crippen MR) is 96.0 cm³/mol.